The van der Waals surface area contributed by atoms with Crippen LogP contribution in [0.4, 0.5) is 0 Å². The van der Waals surface area contributed by atoms with Crippen molar-refractivity contribution in [2.45, 2.75) is 26.5 Å². The number of rotatable bonds is 11. The lowest BCUT2D eigenvalue weighted by atomic mass is 10.3. The molecule has 0 saturated carbocycles. The van der Waals surface area contributed by atoms with E-state index < -0.39 is 20.4 Å². The van der Waals surface area contributed by atoms with Gasteiger partial charge in [0.25, 0.3) is 0 Å². The molecule has 0 aliphatic heterocycles. The summed E-state index contributed by atoms with van der Waals surface area (Å²) < 4.78 is 44.7. The van der Waals surface area contributed by atoms with Gasteiger partial charge in [0.15, 0.2) is 0 Å². The van der Waals surface area contributed by atoms with E-state index in [1.165, 1.54) is 12.1 Å². The van der Waals surface area contributed by atoms with E-state index in [2.05, 4.69) is 0 Å². The average molecular weight is 509 g/mol. The van der Waals surface area contributed by atoms with E-state index in [-0.39, 0.29) is 4.90 Å². The van der Waals surface area contributed by atoms with Crippen LogP contribution < -0.4 is 4.74 Å². The first-order valence-corrected chi connectivity index (χ1v) is 14.3. The first-order valence-electron chi connectivity index (χ1n) is 11.3. The molecule has 0 heterocycles. The van der Waals surface area contributed by atoms with Crippen molar-refractivity contribution in [2.24, 2.45) is 0 Å². The van der Waals surface area contributed by atoms with E-state index in [0.717, 1.165) is 14.7 Å². The molecule has 4 aromatic rings. The number of hydrogen-bond acceptors (Lipinski definition) is 5. The molecule has 4 rings (SSSR count). The third-order valence-corrected chi connectivity index (χ3v) is 10.4. The van der Waals surface area contributed by atoms with Gasteiger partial charge in [0.05, 0.1) is 11.5 Å². The molecule has 0 amide bonds. The average Bonchev–Trinajstić information content (AvgIpc) is 2.91. The van der Waals surface area contributed by atoms with Gasteiger partial charge in [-0.25, -0.2) is 3.63 Å². The zero-order valence-electron chi connectivity index (χ0n) is 19.4. The molecular weight excluding hydrogens is 480 g/mol. The summed E-state index contributed by atoms with van der Waals surface area (Å²) in [6.07, 6.45) is 0. The fourth-order valence-corrected chi connectivity index (χ4v) is 8.84. The summed E-state index contributed by atoms with van der Waals surface area (Å²) in [5.74, 6) is 0.566. The minimum Gasteiger partial charge on any atom is -0.491 e. The third-order valence-electron chi connectivity index (χ3n) is 5.23. The van der Waals surface area contributed by atoms with Gasteiger partial charge in [0.2, 0.25) is 0 Å². The highest BCUT2D eigenvalue weighted by atomic mass is 32.3. The van der Waals surface area contributed by atoms with Gasteiger partial charge in [-0.1, -0.05) is 54.6 Å². The van der Waals surface area contributed by atoms with Crippen LogP contribution in [0.25, 0.3) is 0 Å². The van der Waals surface area contributed by atoms with Crippen LogP contribution in [0.15, 0.2) is 135 Å². The fraction of sp³-hybridized carbons (Fsp3) is 0.143. The Morgan fingerprint density at radius 2 is 1.03 bits per heavy atom. The minimum atomic E-state index is -4.15. The van der Waals surface area contributed by atoms with Gasteiger partial charge in [0, 0.05) is 21.3 Å². The second-order valence-corrected chi connectivity index (χ2v) is 12.0. The van der Waals surface area contributed by atoms with Crippen molar-refractivity contribution in [1.82, 2.24) is 0 Å². The van der Waals surface area contributed by atoms with Crippen LogP contribution in [-0.2, 0) is 18.5 Å². The maximum Gasteiger partial charge on any atom is 0.307 e. The van der Waals surface area contributed by atoms with Gasteiger partial charge in [-0.15, -0.1) is 0 Å². The molecule has 0 bridgehead atoms. The van der Waals surface area contributed by atoms with Crippen molar-refractivity contribution < 1.29 is 21.5 Å². The molecule has 0 spiro atoms. The Morgan fingerprint density at radius 3 is 1.46 bits per heavy atom. The Bertz CT molecular complexity index is 1200. The lowest BCUT2D eigenvalue weighted by Crippen LogP contribution is -2.14. The van der Waals surface area contributed by atoms with Gasteiger partial charge in [-0.2, -0.15) is 8.42 Å². The van der Waals surface area contributed by atoms with E-state index >= 15 is 0 Å². The highest BCUT2D eigenvalue weighted by molar-refractivity contribution is 8.33. The lowest BCUT2D eigenvalue weighted by molar-refractivity contribution is 0.110. The van der Waals surface area contributed by atoms with Crippen LogP contribution in [0.5, 0.6) is 5.75 Å². The fourth-order valence-electron chi connectivity index (χ4n) is 3.60. The van der Waals surface area contributed by atoms with Crippen LogP contribution in [0.1, 0.15) is 6.92 Å². The van der Waals surface area contributed by atoms with E-state index in [1.807, 2.05) is 97.9 Å². The molecule has 0 unspecified atom stereocenters. The zero-order chi connectivity index (χ0) is 24.6. The van der Waals surface area contributed by atoms with Crippen molar-refractivity contribution in [3.05, 3.63) is 115 Å². The SMILES string of the molecule is CCOCCOc1ccc(S(=O)(=O)OS(c2ccccc2)(c2ccccc2)c2ccccc2)cc1. The third kappa shape index (κ3) is 5.77. The van der Waals surface area contributed by atoms with E-state index in [9.17, 15) is 8.42 Å². The van der Waals surface area contributed by atoms with Gasteiger partial charge < -0.3 is 9.47 Å². The van der Waals surface area contributed by atoms with Gasteiger partial charge in [-0.3, -0.25) is 0 Å². The Labute approximate surface area is 209 Å². The summed E-state index contributed by atoms with van der Waals surface area (Å²) in [7, 11) is -6.76. The largest absolute Gasteiger partial charge is 0.491 e. The Hall–Kier alpha value is -3.10. The van der Waals surface area contributed by atoms with Gasteiger partial charge >= 0.3 is 10.1 Å². The Morgan fingerprint density at radius 1 is 0.571 bits per heavy atom. The highest BCUT2D eigenvalue weighted by Crippen LogP contribution is 2.70. The second kappa shape index (κ2) is 11.6. The Kier molecular flexibility index (Phi) is 8.25. The van der Waals surface area contributed by atoms with Gasteiger partial charge in [-0.05, 0) is 77.9 Å². The van der Waals surface area contributed by atoms with Crippen LogP contribution in [0, 0.1) is 0 Å². The quantitative estimate of drug-likeness (QED) is 0.211. The monoisotopic (exact) mass is 508 g/mol. The zero-order valence-corrected chi connectivity index (χ0v) is 21.1. The van der Waals surface area contributed by atoms with Crippen molar-refractivity contribution in [1.29, 1.82) is 0 Å². The summed E-state index contributed by atoms with van der Waals surface area (Å²) >= 11 is 0. The predicted octanol–water partition coefficient (Wildman–Crippen LogP) is 6.70. The number of hydrogen-bond donors (Lipinski definition) is 0. The van der Waals surface area contributed by atoms with E-state index in [1.54, 1.807) is 12.1 Å². The molecule has 0 radical (unpaired) electrons. The molecule has 35 heavy (non-hydrogen) atoms. The summed E-state index contributed by atoms with van der Waals surface area (Å²) in [6, 6.07) is 34.9. The van der Waals surface area contributed by atoms with Crippen LogP contribution in [-0.4, -0.2) is 28.2 Å². The van der Waals surface area contributed by atoms with Crippen LogP contribution in [0.3, 0.4) is 0 Å². The second-order valence-electron chi connectivity index (χ2n) is 7.53. The van der Waals surface area contributed by atoms with Crippen LogP contribution in [0.2, 0.25) is 0 Å². The minimum absolute atomic E-state index is 0.0642. The molecule has 4 aromatic carbocycles. The molecule has 7 heteroatoms. The molecule has 0 atom stereocenters. The molecule has 0 aliphatic carbocycles. The maximum absolute atomic E-state index is 13.7. The highest BCUT2D eigenvalue weighted by Gasteiger charge is 2.38. The summed E-state index contributed by atoms with van der Waals surface area (Å²) in [5, 5.41) is 0. The molecule has 0 fully saturated rings. The molecular formula is C28H28O5S2. The number of benzene rings is 4. The molecule has 0 N–H and O–H groups in total. The summed E-state index contributed by atoms with van der Waals surface area (Å²) in [5.41, 5.74) is 0. The number of ether oxygens (including phenoxy) is 2. The smallest absolute Gasteiger partial charge is 0.307 e. The lowest BCUT2D eigenvalue weighted by Gasteiger charge is -2.39. The standard InChI is InChI=1S/C28H28O5S2/c1-2-31-22-23-32-24-18-20-28(21-19-24)35(29,30)33-34(25-12-6-3-7-13-25,26-14-8-4-9-15-26)27-16-10-5-11-17-27/h3-21H,2,22-23H2,1H3. The van der Waals surface area contributed by atoms with Crippen LogP contribution >= 0.6 is 10.3 Å². The molecule has 5 nitrogen and oxygen atoms in total. The first kappa shape index (κ1) is 25.0. The normalized spacial score (nSPS) is 12.3. The topological polar surface area (TPSA) is 61.8 Å². The molecule has 0 saturated heterocycles. The van der Waals surface area contributed by atoms with E-state index in [4.69, 9.17) is 13.1 Å². The Balaban J connectivity index is 1.76. The molecule has 0 aliphatic rings. The summed E-state index contributed by atoms with van der Waals surface area (Å²) in [6.45, 7) is 3.39. The van der Waals surface area contributed by atoms with E-state index in [0.29, 0.717) is 25.6 Å². The summed E-state index contributed by atoms with van der Waals surface area (Å²) in [4.78, 5) is 2.43. The van der Waals surface area contributed by atoms with Crippen molar-refractivity contribution in [2.75, 3.05) is 19.8 Å². The molecule has 0 aromatic heterocycles. The van der Waals surface area contributed by atoms with Gasteiger partial charge in [0.1, 0.15) is 12.4 Å². The van der Waals surface area contributed by atoms with Crippen molar-refractivity contribution >= 4 is 20.4 Å². The maximum atomic E-state index is 13.7. The van der Waals surface area contributed by atoms with Crippen molar-refractivity contribution in [3.8, 4) is 5.75 Å². The molecule has 182 valence electrons. The van der Waals surface area contributed by atoms with Crippen molar-refractivity contribution in [3.63, 3.8) is 0 Å². The predicted molar refractivity (Wildman–Crippen MR) is 138 cm³/mol. The first-order chi connectivity index (χ1) is 17.1.